The highest BCUT2D eigenvalue weighted by atomic mass is 32.2. The minimum Gasteiger partial charge on any atom is -0.497 e. The van der Waals surface area contributed by atoms with Crippen LogP contribution in [0.15, 0.2) is 71.6 Å². The maximum absolute atomic E-state index is 13.5. The highest BCUT2D eigenvalue weighted by Gasteiger charge is 2.37. The van der Waals surface area contributed by atoms with Crippen molar-refractivity contribution in [1.29, 1.82) is 0 Å². The number of hydrogen-bond acceptors (Lipinski definition) is 5. The minimum absolute atomic E-state index is 0.00772. The first kappa shape index (κ1) is 24.7. The van der Waals surface area contributed by atoms with E-state index < -0.39 is 21.9 Å². The zero-order valence-electron chi connectivity index (χ0n) is 19.5. The lowest BCUT2D eigenvalue weighted by atomic mass is 9.92. The van der Waals surface area contributed by atoms with Gasteiger partial charge in [-0.25, -0.2) is 12.8 Å². The van der Waals surface area contributed by atoms with Gasteiger partial charge in [0.2, 0.25) is 15.9 Å². The molecule has 7 nitrogen and oxygen atoms in total. The largest absolute Gasteiger partial charge is 0.497 e. The molecule has 1 aliphatic rings. The monoisotopic (exact) mass is 498 g/mol. The van der Waals surface area contributed by atoms with Crippen molar-refractivity contribution in [2.45, 2.75) is 30.3 Å². The van der Waals surface area contributed by atoms with Gasteiger partial charge in [0.15, 0.2) is 0 Å². The van der Waals surface area contributed by atoms with Crippen molar-refractivity contribution >= 4 is 15.9 Å². The lowest BCUT2D eigenvalue weighted by Gasteiger charge is -2.36. The Morgan fingerprint density at radius 3 is 2.51 bits per heavy atom. The third-order valence-electron chi connectivity index (χ3n) is 6.13. The van der Waals surface area contributed by atoms with Gasteiger partial charge in [0.25, 0.3) is 0 Å². The molecular weight excluding hydrogens is 471 g/mol. The van der Waals surface area contributed by atoms with E-state index in [0.717, 1.165) is 28.8 Å². The highest BCUT2D eigenvalue weighted by molar-refractivity contribution is 7.89. The van der Waals surface area contributed by atoms with Gasteiger partial charge in [0, 0.05) is 31.1 Å². The highest BCUT2D eigenvalue weighted by Crippen LogP contribution is 2.36. The molecule has 184 valence electrons. The normalized spacial score (nSPS) is 15.8. The first-order valence-corrected chi connectivity index (χ1v) is 12.6. The fourth-order valence-corrected chi connectivity index (χ4v) is 5.92. The Morgan fingerprint density at radius 2 is 1.80 bits per heavy atom. The molecule has 1 atom stereocenters. The molecular formula is C26H27FN2O5S. The minimum atomic E-state index is -3.95. The Morgan fingerprint density at radius 1 is 1.06 bits per heavy atom. The van der Waals surface area contributed by atoms with Gasteiger partial charge in [-0.2, -0.15) is 4.31 Å². The molecule has 3 aromatic rings. The van der Waals surface area contributed by atoms with E-state index in [9.17, 15) is 17.6 Å². The summed E-state index contributed by atoms with van der Waals surface area (Å²) in [4.78, 5) is 13.0. The number of rotatable bonds is 8. The first-order chi connectivity index (χ1) is 16.8. The number of hydrogen-bond donors (Lipinski definition) is 1. The first-order valence-electron chi connectivity index (χ1n) is 11.2. The van der Waals surface area contributed by atoms with Crippen molar-refractivity contribution in [1.82, 2.24) is 9.62 Å². The molecule has 0 radical (unpaired) electrons. The standard InChI is InChI=1S/C26H27FN2O5S/c1-33-21-10-7-19(25(15-21)34-2)17-28-26(30)16-24-23-6-4-3-5-18(23)13-14-29(24)35(31,32)22-11-8-20(27)9-12-22/h3-12,15,24H,13-14,16-17H2,1-2H3,(H,28,30)/t24-/m1/s1. The van der Waals surface area contributed by atoms with Gasteiger partial charge in [-0.05, 0) is 53.9 Å². The molecule has 0 unspecified atom stereocenters. The number of benzene rings is 3. The number of carbonyl (C=O) groups is 1. The number of fused-ring (bicyclic) bond motifs is 1. The average Bonchev–Trinajstić information content (AvgIpc) is 2.87. The Bertz CT molecular complexity index is 1310. The quantitative estimate of drug-likeness (QED) is 0.510. The van der Waals surface area contributed by atoms with Gasteiger partial charge in [0.05, 0.1) is 25.2 Å². The lowest BCUT2D eigenvalue weighted by molar-refractivity contribution is -0.122. The fourth-order valence-electron chi connectivity index (χ4n) is 4.31. The predicted molar refractivity (Wildman–Crippen MR) is 129 cm³/mol. The number of nitrogens with one attached hydrogen (secondary N) is 1. The van der Waals surface area contributed by atoms with Gasteiger partial charge < -0.3 is 14.8 Å². The Hall–Kier alpha value is -3.43. The molecule has 3 aromatic carbocycles. The number of halogens is 1. The van der Waals surface area contributed by atoms with Gasteiger partial charge >= 0.3 is 0 Å². The maximum Gasteiger partial charge on any atom is 0.243 e. The summed E-state index contributed by atoms with van der Waals surface area (Å²) in [6.07, 6.45) is 0.466. The molecule has 0 spiro atoms. The number of methoxy groups -OCH3 is 2. The number of amides is 1. The molecule has 0 aliphatic carbocycles. The third kappa shape index (κ3) is 5.31. The van der Waals surface area contributed by atoms with E-state index in [1.165, 1.54) is 23.5 Å². The number of nitrogens with zero attached hydrogens (tertiary/aromatic N) is 1. The van der Waals surface area contributed by atoms with Crippen LogP contribution in [0.3, 0.4) is 0 Å². The van der Waals surface area contributed by atoms with E-state index in [0.29, 0.717) is 17.9 Å². The molecule has 1 aliphatic heterocycles. The fraction of sp³-hybridized carbons (Fsp3) is 0.269. The molecule has 0 saturated heterocycles. The molecule has 0 saturated carbocycles. The van der Waals surface area contributed by atoms with E-state index >= 15 is 0 Å². The van der Waals surface area contributed by atoms with Crippen molar-refractivity contribution in [2.24, 2.45) is 0 Å². The van der Waals surface area contributed by atoms with Crippen LogP contribution in [0.4, 0.5) is 4.39 Å². The van der Waals surface area contributed by atoms with Gasteiger partial charge in [-0.1, -0.05) is 24.3 Å². The molecule has 35 heavy (non-hydrogen) atoms. The van der Waals surface area contributed by atoms with Crippen LogP contribution in [-0.2, 0) is 27.8 Å². The molecule has 1 heterocycles. The van der Waals surface area contributed by atoms with E-state index in [1.807, 2.05) is 24.3 Å². The Kier molecular flexibility index (Phi) is 7.37. The van der Waals surface area contributed by atoms with Crippen molar-refractivity contribution < 1.29 is 27.1 Å². The zero-order chi connectivity index (χ0) is 25.0. The van der Waals surface area contributed by atoms with Gasteiger partial charge in [0.1, 0.15) is 17.3 Å². The van der Waals surface area contributed by atoms with Crippen LogP contribution in [0.2, 0.25) is 0 Å². The molecule has 0 bridgehead atoms. The molecule has 9 heteroatoms. The lowest BCUT2D eigenvalue weighted by Crippen LogP contribution is -2.42. The van der Waals surface area contributed by atoms with Crippen LogP contribution in [0.1, 0.15) is 29.2 Å². The Labute approximate surface area is 204 Å². The van der Waals surface area contributed by atoms with Crippen LogP contribution in [0.25, 0.3) is 0 Å². The van der Waals surface area contributed by atoms with Gasteiger partial charge in [-0.15, -0.1) is 0 Å². The second-order valence-corrected chi connectivity index (χ2v) is 10.1. The summed E-state index contributed by atoms with van der Waals surface area (Å²) in [5.74, 6) is 0.396. The molecule has 1 N–H and O–H groups in total. The second kappa shape index (κ2) is 10.5. The SMILES string of the molecule is COc1ccc(CNC(=O)C[C@@H]2c3ccccc3CCN2S(=O)(=O)c2ccc(F)cc2)c(OC)c1. The van der Waals surface area contributed by atoms with E-state index in [-0.39, 0.29) is 30.3 Å². The Balaban J connectivity index is 1.57. The summed E-state index contributed by atoms with van der Waals surface area (Å²) in [6, 6.07) is 16.9. The number of carbonyl (C=O) groups excluding carboxylic acids is 1. The van der Waals surface area contributed by atoms with E-state index in [1.54, 1.807) is 25.3 Å². The third-order valence-corrected chi connectivity index (χ3v) is 8.05. The van der Waals surface area contributed by atoms with Crippen molar-refractivity contribution in [3.63, 3.8) is 0 Å². The summed E-state index contributed by atoms with van der Waals surface area (Å²) >= 11 is 0. The molecule has 1 amide bonds. The molecule has 0 fully saturated rings. The van der Waals surface area contributed by atoms with Gasteiger partial charge in [-0.3, -0.25) is 4.79 Å². The van der Waals surface area contributed by atoms with Crippen molar-refractivity contribution in [3.8, 4) is 11.5 Å². The van der Waals surface area contributed by atoms with Crippen LogP contribution >= 0.6 is 0 Å². The smallest absolute Gasteiger partial charge is 0.243 e. The second-order valence-electron chi connectivity index (χ2n) is 8.19. The van der Waals surface area contributed by atoms with Crippen molar-refractivity contribution in [3.05, 3.63) is 89.2 Å². The van der Waals surface area contributed by atoms with E-state index in [2.05, 4.69) is 5.32 Å². The van der Waals surface area contributed by atoms with E-state index in [4.69, 9.17) is 9.47 Å². The zero-order valence-corrected chi connectivity index (χ0v) is 20.3. The van der Waals surface area contributed by atoms with Crippen LogP contribution < -0.4 is 14.8 Å². The predicted octanol–water partition coefficient (Wildman–Crippen LogP) is 3.84. The van der Waals surface area contributed by atoms with Crippen LogP contribution in [0, 0.1) is 5.82 Å². The van der Waals surface area contributed by atoms with Crippen molar-refractivity contribution in [2.75, 3.05) is 20.8 Å². The summed E-state index contributed by atoms with van der Waals surface area (Å²) in [7, 11) is -0.851. The molecule has 0 aromatic heterocycles. The summed E-state index contributed by atoms with van der Waals surface area (Å²) in [5.41, 5.74) is 2.57. The number of ether oxygens (including phenoxy) is 2. The van der Waals surface area contributed by atoms with Crippen LogP contribution in [-0.4, -0.2) is 39.4 Å². The number of sulfonamides is 1. The average molecular weight is 499 g/mol. The maximum atomic E-state index is 13.5. The summed E-state index contributed by atoms with van der Waals surface area (Å²) < 4.78 is 52.3. The summed E-state index contributed by atoms with van der Waals surface area (Å²) in [5, 5.41) is 2.88. The molecule has 4 rings (SSSR count). The topological polar surface area (TPSA) is 84.9 Å². The summed E-state index contributed by atoms with van der Waals surface area (Å²) in [6.45, 7) is 0.437. The van der Waals surface area contributed by atoms with Crippen LogP contribution in [0.5, 0.6) is 11.5 Å².